The molecule has 1 amide bonds. The molecule has 0 spiro atoms. The number of methoxy groups -OCH3 is 1. The Bertz CT molecular complexity index is 1370. The number of halogens is 3. The van der Waals surface area contributed by atoms with Crippen LogP contribution < -0.4 is 10.2 Å². The first-order valence-corrected chi connectivity index (χ1v) is 12.0. The third-order valence-corrected chi connectivity index (χ3v) is 6.98. The largest absolute Gasteiger partial charge is 0.384 e. The van der Waals surface area contributed by atoms with Crippen LogP contribution in [0.1, 0.15) is 50.1 Å². The maximum atomic E-state index is 15.1. The summed E-state index contributed by atoms with van der Waals surface area (Å²) in [5.74, 6) is -4.62. The minimum atomic E-state index is -3.80. The topological polar surface area (TPSA) is 87.6 Å². The third-order valence-electron chi connectivity index (χ3n) is 6.98. The minimum Gasteiger partial charge on any atom is -0.384 e. The number of nitrogens with zero attached hydrogens (tertiary/aromatic N) is 3. The second-order valence-electron chi connectivity index (χ2n) is 10.4. The van der Waals surface area contributed by atoms with Gasteiger partial charge in [0.15, 0.2) is 5.82 Å². The number of ether oxygens (including phenoxy) is 1. The van der Waals surface area contributed by atoms with Crippen LogP contribution in [0.2, 0.25) is 0 Å². The van der Waals surface area contributed by atoms with Gasteiger partial charge in [0.1, 0.15) is 11.4 Å². The van der Waals surface area contributed by atoms with Crippen LogP contribution in [0.25, 0.3) is 10.8 Å². The van der Waals surface area contributed by atoms with Gasteiger partial charge in [-0.3, -0.25) is 4.79 Å². The molecule has 4 rings (SSSR count). The van der Waals surface area contributed by atoms with E-state index in [1.807, 2.05) is 26.0 Å². The fraction of sp³-hybridized carbons (Fsp3) is 0.444. The van der Waals surface area contributed by atoms with Crippen LogP contribution in [0.4, 0.5) is 24.7 Å². The summed E-state index contributed by atoms with van der Waals surface area (Å²) in [5, 5.41) is 22.8. The lowest BCUT2D eigenvalue weighted by atomic mass is 9.85. The molecule has 1 aromatic heterocycles. The van der Waals surface area contributed by atoms with Gasteiger partial charge in [0.05, 0.1) is 23.3 Å². The number of hydrogen-bond donors (Lipinski definition) is 2. The second-order valence-corrected chi connectivity index (χ2v) is 10.4. The summed E-state index contributed by atoms with van der Waals surface area (Å²) in [7, 11) is 1.57. The number of fused-ring (bicyclic) bond motifs is 2. The predicted octanol–water partition coefficient (Wildman–Crippen LogP) is 4.82. The van der Waals surface area contributed by atoms with Crippen molar-refractivity contribution in [3.63, 3.8) is 0 Å². The number of benzene rings is 2. The van der Waals surface area contributed by atoms with E-state index in [1.165, 1.54) is 12.1 Å². The number of aryl methyl sites for hydroxylation is 1. The highest BCUT2D eigenvalue weighted by Crippen LogP contribution is 2.45. The molecule has 37 heavy (non-hydrogen) atoms. The van der Waals surface area contributed by atoms with Crippen molar-refractivity contribution in [3.8, 4) is 0 Å². The van der Waals surface area contributed by atoms with Gasteiger partial charge >= 0.3 is 5.92 Å². The molecule has 0 saturated carbocycles. The number of amides is 1. The predicted molar refractivity (Wildman–Crippen MR) is 135 cm³/mol. The van der Waals surface area contributed by atoms with Crippen molar-refractivity contribution >= 4 is 28.2 Å². The molecule has 0 radical (unpaired) electrons. The average Bonchev–Trinajstić information content (AvgIpc) is 3.01. The van der Waals surface area contributed by atoms with Crippen molar-refractivity contribution in [1.29, 1.82) is 0 Å². The van der Waals surface area contributed by atoms with Crippen LogP contribution in [-0.4, -0.2) is 47.1 Å². The van der Waals surface area contributed by atoms with E-state index in [4.69, 9.17) is 4.74 Å². The van der Waals surface area contributed by atoms with Crippen LogP contribution >= 0.6 is 0 Å². The van der Waals surface area contributed by atoms with Gasteiger partial charge in [-0.15, -0.1) is 5.10 Å². The fourth-order valence-electron chi connectivity index (χ4n) is 4.60. The minimum absolute atomic E-state index is 0.0175. The lowest BCUT2D eigenvalue weighted by molar-refractivity contribution is -0.170. The van der Waals surface area contributed by atoms with Crippen molar-refractivity contribution in [2.24, 2.45) is 0 Å². The quantitative estimate of drug-likeness (QED) is 0.446. The van der Waals surface area contributed by atoms with E-state index < -0.39 is 28.3 Å². The van der Waals surface area contributed by atoms with E-state index in [2.05, 4.69) is 15.5 Å². The zero-order valence-corrected chi connectivity index (χ0v) is 21.7. The third kappa shape index (κ3) is 4.42. The number of anilines is 2. The van der Waals surface area contributed by atoms with E-state index in [9.17, 15) is 18.7 Å². The van der Waals surface area contributed by atoms with E-state index >= 15 is 4.39 Å². The molecule has 2 N–H and O–H groups in total. The van der Waals surface area contributed by atoms with Gasteiger partial charge in [-0.1, -0.05) is 12.1 Å². The summed E-state index contributed by atoms with van der Waals surface area (Å²) < 4.78 is 49.7. The molecule has 0 bridgehead atoms. The molecular weight excluding hydrogens is 485 g/mol. The smallest absolute Gasteiger partial charge is 0.303 e. The Balaban J connectivity index is 1.74. The highest BCUT2D eigenvalue weighted by Gasteiger charge is 2.49. The van der Waals surface area contributed by atoms with Gasteiger partial charge in [0, 0.05) is 42.2 Å². The molecule has 10 heteroatoms. The first-order chi connectivity index (χ1) is 17.2. The van der Waals surface area contributed by atoms with E-state index in [-0.39, 0.29) is 18.0 Å². The molecule has 1 aliphatic rings. The number of carbonyl (C=O) groups excluding carboxylic acids is 1. The SMILES string of the molecule is COCCN1C(=O)C(C)(C)c2cc3c(C)nnc(NCc4cccc(C(F)(F)C(C)(C)O)c4F)c3cc21. The van der Waals surface area contributed by atoms with Crippen molar-refractivity contribution in [2.75, 3.05) is 30.5 Å². The summed E-state index contributed by atoms with van der Waals surface area (Å²) in [6, 6.07) is 7.46. The monoisotopic (exact) mass is 516 g/mol. The van der Waals surface area contributed by atoms with Gasteiger partial charge < -0.3 is 20.1 Å². The van der Waals surface area contributed by atoms with Gasteiger partial charge in [0.2, 0.25) is 5.91 Å². The standard InChI is InChI=1S/C27H31F3N4O3/c1-15-17-12-20-21(34(10-11-37-6)24(35)25(20,2)3)13-18(17)23(33-32-15)31-14-16-8-7-9-19(22(16)28)27(29,30)26(4,5)36/h7-9,12-13,36H,10-11,14H2,1-6H3,(H,31,33). The second kappa shape index (κ2) is 9.25. The number of rotatable bonds is 8. The Morgan fingerprint density at radius 2 is 1.86 bits per heavy atom. The van der Waals surface area contributed by atoms with Crippen molar-refractivity contribution in [2.45, 2.75) is 58.1 Å². The fourth-order valence-corrected chi connectivity index (χ4v) is 4.60. The van der Waals surface area contributed by atoms with Gasteiger partial charge in [0.25, 0.3) is 0 Å². The molecule has 0 atom stereocenters. The summed E-state index contributed by atoms with van der Waals surface area (Å²) in [6.07, 6.45) is 0. The van der Waals surface area contributed by atoms with E-state index in [1.54, 1.807) is 18.9 Å². The molecule has 0 saturated heterocycles. The zero-order valence-electron chi connectivity index (χ0n) is 21.7. The number of carbonyl (C=O) groups is 1. The molecule has 2 aromatic carbocycles. The number of nitrogens with one attached hydrogen (secondary N) is 1. The molecule has 198 valence electrons. The van der Waals surface area contributed by atoms with E-state index in [0.717, 1.165) is 36.6 Å². The van der Waals surface area contributed by atoms with Gasteiger partial charge in [-0.05, 0) is 58.4 Å². The highest BCUT2D eigenvalue weighted by molar-refractivity contribution is 6.11. The van der Waals surface area contributed by atoms with Crippen molar-refractivity contribution in [1.82, 2.24) is 10.2 Å². The molecule has 7 nitrogen and oxygen atoms in total. The highest BCUT2D eigenvalue weighted by atomic mass is 19.3. The maximum Gasteiger partial charge on any atom is 0.303 e. The van der Waals surface area contributed by atoms with Crippen LogP contribution in [-0.2, 0) is 27.4 Å². The van der Waals surface area contributed by atoms with Crippen LogP contribution in [0.5, 0.6) is 0 Å². The average molecular weight is 517 g/mol. The Morgan fingerprint density at radius 3 is 2.51 bits per heavy atom. The van der Waals surface area contributed by atoms with Crippen molar-refractivity contribution in [3.05, 3.63) is 58.5 Å². The molecule has 0 unspecified atom stereocenters. The number of aromatic nitrogens is 2. The number of alkyl halides is 2. The lowest BCUT2D eigenvalue weighted by Crippen LogP contribution is -2.41. The van der Waals surface area contributed by atoms with Crippen LogP contribution in [0, 0.1) is 12.7 Å². The van der Waals surface area contributed by atoms with Crippen LogP contribution in [0.15, 0.2) is 30.3 Å². The molecule has 3 aromatic rings. The van der Waals surface area contributed by atoms with Gasteiger partial charge in [-0.25, -0.2) is 4.39 Å². The first kappa shape index (κ1) is 26.8. The first-order valence-electron chi connectivity index (χ1n) is 12.0. The summed E-state index contributed by atoms with van der Waals surface area (Å²) >= 11 is 0. The maximum absolute atomic E-state index is 15.1. The number of hydrogen-bond acceptors (Lipinski definition) is 6. The normalized spacial score (nSPS) is 15.4. The van der Waals surface area contributed by atoms with E-state index in [0.29, 0.717) is 30.0 Å². The van der Waals surface area contributed by atoms with Crippen LogP contribution in [0.3, 0.4) is 0 Å². The molecule has 1 aliphatic heterocycles. The Labute approximate surface area is 213 Å². The Hall–Kier alpha value is -3.24. The zero-order chi connectivity index (χ0) is 27.3. The molecule has 2 heterocycles. The summed E-state index contributed by atoms with van der Waals surface area (Å²) in [4.78, 5) is 14.9. The molecule has 0 aliphatic carbocycles. The Morgan fingerprint density at radius 1 is 1.16 bits per heavy atom. The van der Waals surface area contributed by atoms with Crippen molar-refractivity contribution < 1.29 is 27.8 Å². The number of aliphatic hydroxyl groups is 1. The summed E-state index contributed by atoms with van der Waals surface area (Å²) in [5.41, 5.74) is -1.85. The van der Waals surface area contributed by atoms with Gasteiger partial charge in [-0.2, -0.15) is 13.9 Å². The lowest BCUT2D eigenvalue weighted by Gasteiger charge is -2.30. The molecule has 0 fully saturated rings. The summed E-state index contributed by atoms with van der Waals surface area (Å²) in [6.45, 7) is 8.01. The molecular formula is C27H31F3N4O3. The Kier molecular flexibility index (Phi) is 6.71.